The summed E-state index contributed by atoms with van der Waals surface area (Å²) in [6.45, 7) is 0. The number of ether oxygens (including phenoxy) is 2. The maximum Gasteiger partial charge on any atom is 0.122 e. The van der Waals surface area contributed by atoms with Crippen molar-refractivity contribution in [3.05, 3.63) is 45.1 Å². The monoisotopic (exact) mass is 298 g/mol. The lowest BCUT2D eigenvalue weighted by atomic mass is 10.1. The van der Waals surface area contributed by atoms with Gasteiger partial charge in [0.2, 0.25) is 0 Å². The first-order chi connectivity index (χ1) is 9.19. The van der Waals surface area contributed by atoms with Crippen LogP contribution in [0.3, 0.4) is 0 Å². The predicted octanol–water partition coefficient (Wildman–Crippen LogP) is 2.97. The Kier molecular flexibility index (Phi) is 4.66. The van der Waals surface area contributed by atoms with Gasteiger partial charge in [0, 0.05) is 10.9 Å². The number of thiophene rings is 1. The molecule has 0 aliphatic carbocycles. The first kappa shape index (κ1) is 14.1. The molecule has 102 valence electrons. The second kappa shape index (κ2) is 6.25. The molecule has 1 unspecified atom stereocenters. The minimum Gasteiger partial charge on any atom is -0.497 e. The van der Waals surface area contributed by atoms with Crippen LogP contribution in [0.2, 0.25) is 5.02 Å². The largest absolute Gasteiger partial charge is 0.497 e. The zero-order valence-corrected chi connectivity index (χ0v) is 12.2. The van der Waals surface area contributed by atoms with Gasteiger partial charge in [-0.05, 0) is 29.1 Å². The van der Waals surface area contributed by atoms with E-state index < -0.39 is 0 Å². The molecule has 1 aromatic carbocycles. The van der Waals surface area contributed by atoms with E-state index in [1.165, 1.54) is 0 Å². The fraction of sp³-hybridized carbons (Fsp3) is 0.231. The number of nitrogens with one attached hydrogen (secondary N) is 1. The van der Waals surface area contributed by atoms with Crippen molar-refractivity contribution in [2.75, 3.05) is 14.2 Å². The molecule has 0 amide bonds. The first-order valence-electron chi connectivity index (χ1n) is 5.61. The van der Waals surface area contributed by atoms with Crippen molar-refractivity contribution in [3.63, 3.8) is 0 Å². The highest BCUT2D eigenvalue weighted by Crippen LogP contribution is 2.35. The molecule has 0 saturated carbocycles. The van der Waals surface area contributed by atoms with Crippen molar-refractivity contribution in [1.82, 2.24) is 5.43 Å². The molecule has 2 rings (SSSR count). The molecule has 4 nitrogen and oxygen atoms in total. The van der Waals surface area contributed by atoms with Gasteiger partial charge in [0.1, 0.15) is 11.5 Å². The van der Waals surface area contributed by atoms with Crippen molar-refractivity contribution in [2.45, 2.75) is 6.04 Å². The smallest absolute Gasteiger partial charge is 0.122 e. The van der Waals surface area contributed by atoms with Crippen LogP contribution in [0.25, 0.3) is 0 Å². The lowest BCUT2D eigenvalue weighted by Gasteiger charge is -2.17. The van der Waals surface area contributed by atoms with Gasteiger partial charge in [-0.25, -0.2) is 5.43 Å². The van der Waals surface area contributed by atoms with Crippen LogP contribution in [0.15, 0.2) is 29.6 Å². The van der Waals surface area contributed by atoms with Gasteiger partial charge in [-0.15, -0.1) is 11.3 Å². The number of benzene rings is 1. The normalized spacial score (nSPS) is 12.2. The molecule has 0 saturated heterocycles. The van der Waals surface area contributed by atoms with Gasteiger partial charge in [0.25, 0.3) is 0 Å². The minimum absolute atomic E-state index is 0.198. The second-order valence-corrected chi connectivity index (χ2v) is 5.23. The highest BCUT2D eigenvalue weighted by molar-refractivity contribution is 7.10. The average molecular weight is 299 g/mol. The summed E-state index contributed by atoms with van der Waals surface area (Å²) in [5, 5.41) is 2.62. The molecular formula is C13H15ClN2O2S. The van der Waals surface area contributed by atoms with Crippen LogP contribution in [0.5, 0.6) is 11.5 Å². The van der Waals surface area contributed by atoms with Gasteiger partial charge >= 0.3 is 0 Å². The number of nitrogens with two attached hydrogens (primary N) is 1. The third-order valence-electron chi connectivity index (χ3n) is 2.78. The molecule has 1 heterocycles. The molecule has 0 spiro atoms. The van der Waals surface area contributed by atoms with E-state index >= 15 is 0 Å². The Labute approximate surface area is 121 Å². The lowest BCUT2D eigenvalue weighted by molar-refractivity contribution is 0.392. The molecule has 2 aromatic rings. The fourth-order valence-electron chi connectivity index (χ4n) is 1.83. The van der Waals surface area contributed by atoms with E-state index in [1.54, 1.807) is 25.6 Å². The topological polar surface area (TPSA) is 56.5 Å². The third kappa shape index (κ3) is 3.01. The highest BCUT2D eigenvalue weighted by atomic mass is 35.5. The zero-order valence-electron chi connectivity index (χ0n) is 10.6. The van der Waals surface area contributed by atoms with Crippen LogP contribution >= 0.6 is 22.9 Å². The van der Waals surface area contributed by atoms with Crippen LogP contribution in [-0.2, 0) is 0 Å². The van der Waals surface area contributed by atoms with Gasteiger partial charge < -0.3 is 9.47 Å². The van der Waals surface area contributed by atoms with Crippen LogP contribution in [0.4, 0.5) is 0 Å². The van der Waals surface area contributed by atoms with E-state index in [0.29, 0.717) is 16.5 Å². The van der Waals surface area contributed by atoms with E-state index in [2.05, 4.69) is 5.43 Å². The molecule has 19 heavy (non-hydrogen) atoms. The molecule has 1 atom stereocenters. The van der Waals surface area contributed by atoms with Crippen LogP contribution in [-0.4, -0.2) is 14.2 Å². The number of hydrogen-bond donors (Lipinski definition) is 2. The van der Waals surface area contributed by atoms with E-state index in [9.17, 15) is 0 Å². The molecule has 1 aromatic heterocycles. The van der Waals surface area contributed by atoms with E-state index in [1.807, 2.05) is 29.6 Å². The molecular weight excluding hydrogens is 284 g/mol. The second-order valence-electron chi connectivity index (χ2n) is 3.88. The molecule has 0 aliphatic rings. The quantitative estimate of drug-likeness (QED) is 0.658. The standard InChI is InChI=1S/C13H15ClN2O2S/c1-17-9-5-8(6-10(7-9)18-2)12(16-15)13-11(14)3-4-19-13/h3-7,12,16H,15H2,1-2H3. The third-order valence-corrected chi connectivity index (χ3v) is 4.20. The van der Waals surface area contributed by atoms with Crippen molar-refractivity contribution in [2.24, 2.45) is 5.84 Å². The van der Waals surface area contributed by atoms with Gasteiger partial charge in [0.15, 0.2) is 0 Å². The van der Waals surface area contributed by atoms with Gasteiger partial charge in [-0.2, -0.15) is 0 Å². The van der Waals surface area contributed by atoms with Crippen molar-refractivity contribution in [1.29, 1.82) is 0 Å². The molecule has 3 N–H and O–H groups in total. The number of methoxy groups -OCH3 is 2. The Morgan fingerprint density at radius 2 is 1.84 bits per heavy atom. The van der Waals surface area contributed by atoms with Crippen molar-refractivity contribution < 1.29 is 9.47 Å². The summed E-state index contributed by atoms with van der Waals surface area (Å²) < 4.78 is 10.5. The van der Waals surface area contributed by atoms with E-state index in [0.717, 1.165) is 10.4 Å². The SMILES string of the molecule is COc1cc(OC)cc(C(NN)c2sccc2Cl)c1. The maximum absolute atomic E-state index is 6.16. The lowest BCUT2D eigenvalue weighted by Crippen LogP contribution is -2.28. The molecule has 0 bridgehead atoms. The Morgan fingerprint density at radius 1 is 1.21 bits per heavy atom. The van der Waals surface area contributed by atoms with Crippen LogP contribution in [0, 0.1) is 0 Å². The summed E-state index contributed by atoms with van der Waals surface area (Å²) in [6, 6.07) is 7.28. The first-order valence-corrected chi connectivity index (χ1v) is 6.87. The number of hydrogen-bond acceptors (Lipinski definition) is 5. The molecule has 0 fully saturated rings. The highest BCUT2D eigenvalue weighted by Gasteiger charge is 2.18. The van der Waals surface area contributed by atoms with Crippen LogP contribution < -0.4 is 20.7 Å². The summed E-state index contributed by atoms with van der Waals surface area (Å²) in [4.78, 5) is 0.958. The van der Waals surface area contributed by atoms with Gasteiger partial charge in [-0.3, -0.25) is 5.84 Å². The Morgan fingerprint density at radius 3 is 2.26 bits per heavy atom. The van der Waals surface area contributed by atoms with Crippen molar-refractivity contribution >= 4 is 22.9 Å². The molecule has 0 radical (unpaired) electrons. The number of hydrazine groups is 1. The van der Waals surface area contributed by atoms with Crippen LogP contribution in [0.1, 0.15) is 16.5 Å². The summed E-state index contributed by atoms with van der Waals surface area (Å²) in [7, 11) is 3.23. The number of rotatable bonds is 5. The summed E-state index contributed by atoms with van der Waals surface area (Å²) in [6.07, 6.45) is 0. The van der Waals surface area contributed by atoms with Gasteiger partial charge in [0.05, 0.1) is 25.3 Å². The Bertz CT molecular complexity index is 537. The van der Waals surface area contributed by atoms with Crippen molar-refractivity contribution in [3.8, 4) is 11.5 Å². The molecule has 6 heteroatoms. The Balaban J connectivity index is 2.46. The predicted molar refractivity (Wildman–Crippen MR) is 78.0 cm³/mol. The Hall–Kier alpha value is -1.27. The summed E-state index contributed by atoms with van der Waals surface area (Å²) in [5.74, 6) is 7.09. The zero-order chi connectivity index (χ0) is 13.8. The van der Waals surface area contributed by atoms with E-state index in [-0.39, 0.29) is 6.04 Å². The number of halogens is 1. The minimum atomic E-state index is -0.198. The van der Waals surface area contributed by atoms with E-state index in [4.69, 9.17) is 26.9 Å². The van der Waals surface area contributed by atoms with Gasteiger partial charge in [-0.1, -0.05) is 11.6 Å². The fourth-order valence-corrected chi connectivity index (χ4v) is 3.08. The maximum atomic E-state index is 6.16. The summed E-state index contributed by atoms with van der Waals surface area (Å²) >= 11 is 7.71. The molecule has 0 aliphatic heterocycles. The average Bonchev–Trinajstić information content (AvgIpc) is 2.85. The summed E-state index contributed by atoms with van der Waals surface area (Å²) in [5.41, 5.74) is 3.71.